The van der Waals surface area contributed by atoms with Crippen molar-refractivity contribution < 1.29 is 73.8 Å². The Morgan fingerprint density at radius 2 is 1.77 bits per heavy atom. The fourth-order valence-corrected chi connectivity index (χ4v) is 4.13. The number of carboxylic acids is 1. The average Bonchev–Trinajstić information content (AvgIpc) is 2.92. The highest BCUT2D eigenvalue weighted by Crippen LogP contribution is 2.36. The van der Waals surface area contributed by atoms with Crippen LogP contribution in [0.5, 0.6) is 11.5 Å². The predicted octanol–water partition coefficient (Wildman–Crippen LogP) is -1.57. The van der Waals surface area contributed by atoms with Gasteiger partial charge in [0.15, 0.2) is 17.8 Å². The molecule has 2 unspecified atom stereocenters. The highest BCUT2D eigenvalue weighted by molar-refractivity contribution is 5.91. The van der Waals surface area contributed by atoms with Crippen molar-refractivity contribution in [2.45, 2.75) is 49.8 Å². The molecule has 1 saturated heterocycles. The summed E-state index contributed by atoms with van der Waals surface area (Å²) in [6.45, 7) is -0.912. The van der Waals surface area contributed by atoms with Gasteiger partial charge in [-0.2, -0.15) is 0 Å². The summed E-state index contributed by atoms with van der Waals surface area (Å²) in [6, 6.07) is 4.06. The molecule has 0 spiro atoms. The summed E-state index contributed by atoms with van der Waals surface area (Å²) in [5.74, 6) is -5.27. The van der Waals surface area contributed by atoms with E-state index in [-0.39, 0.29) is 35.7 Å². The van der Waals surface area contributed by atoms with Crippen LogP contribution in [0.1, 0.15) is 12.0 Å². The van der Waals surface area contributed by atoms with Gasteiger partial charge in [-0.1, -0.05) is 6.07 Å². The molecule has 0 saturated carbocycles. The molecule has 3 rings (SSSR count). The number of phenolic OH excluding ortho intramolecular Hbond substituents is 2. The molecular formula is C25H30O15. The topological polar surface area (TPSA) is 239 Å². The lowest BCUT2D eigenvalue weighted by Gasteiger charge is -2.41. The number of carboxylic acid groups (broad SMARTS) is 1. The molecule has 2 aliphatic heterocycles. The van der Waals surface area contributed by atoms with Crippen molar-refractivity contribution in [2.75, 3.05) is 20.3 Å². The van der Waals surface area contributed by atoms with Crippen molar-refractivity contribution in [1.29, 1.82) is 0 Å². The number of phenols is 2. The number of carbonyl (C=O) groups excluding carboxylic acids is 2. The second-order valence-electron chi connectivity index (χ2n) is 8.90. The van der Waals surface area contributed by atoms with Crippen molar-refractivity contribution >= 4 is 17.9 Å². The first-order chi connectivity index (χ1) is 19.0. The van der Waals surface area contributed by atoms with E-state index in [9.17, 15) is 50.1 Å². The van der Waals surface area contributed by atoms with Gasteiger partial charge in [0.25, 0.3) is 0 Å². The Hall–Kier alpha value is -3.73. The quantitative estimate of drug-likeness (QED) is 0.0955. The number of esters is 2. The molecule has 7 N–H and O–H groups in total. The fraction of sp³-hybridized carbons (Fsp3) is 0.480. The van der Waals surface area contributed by atoms with Gasteiger partial charge in [0.1, 0.15) is 24.4 Å². The molecule has 2 aliphatic rings. The van der Waals surface area contributed by atoms with Crippen LogP contribution in [0.15, 0.2) is 41.7 Å². The Morgan fingerprint density at radius 3 is 2.40 bits per heavy atom. The Bertz CT molecular complexity index is 1140. The van der Waals surface area contributed by atoms with Crippen molar-refractivity contribution in [3.8, 4) is 11.5 Å². The third-order valence-electron chi connectivity index (χ3n) is 6.25. The number of aliphatic hydroxyl groups is 4. The summed E-state index contributed by atoms with van der Waals surface area (Å²) in [5.41, 5.74) is 0.0283. The van der Waals surface area contributed by atoms with Gasteiger partial charge < -0.3 is 59.4 Å². The minimum absolute atomic E-state index is 0.160. The molecular weight excluding hydrogens is 540 g/mol. The molecule has 0 radical (unpaired) electrons. The Morgan fingerprint density at radius 1 is 1.05 bits per heavy atom. The maximum atomic E-state index is 12.7. The standard InChI is InChI=1S/C25H30O15/c1-36-23(35)14-10-38-24(40-25-22(34)21(33)20(32)17(9-26)39-25)13(7-18(29)30)12(14)8-19(31)37-5-4-11-2-3-15(27)16(28)6-11/h2-3,6-7,10,12,17,20-22,24-28,32-34H,4-5,8-9H2,1H3,(H,29,30)/b13-7-/t12?,17-,20-,21+,22-,24?,25+/m1/s1. The van der Waals surface area contributed by atoms with Crippen molar-refractivity contribution in [2.24, 2.45) is 5.92 Å². The van der Waals surface area contributed by atoms with Crippen LogP contribution in [0.25, 0.3) is 0 Å². The van der Waals surface area contributed by atoms with Crippen LogP contribution in [-0.4, -0.2) is 111 Å². The third kappa shape index (κ3) is 7.26. The van der Waals surface area contributed by atoms with Gasteiger partial charge in [0.2, 0.25) is 6.29 Å². The predicted molar refractivity (Wildman–Crippen MR) is 128 cm³/mol. The third-order valence-corrected chi connectivity index (χ3v) is 6.25. The molecule has 2 heterocycles. The summed E-state index contributed by atoms with van der Waals surface area (Å²) < 4.78 is 26.1. The molecule has 1 aromatic rings. The number of methoxy groups -OCH3 is 1. The Kier molecular flexibility index (Phi) is 10.4. The lowest BCUT2D eigenvalue weighted by molar-refractivity contribution is -0.327. The zero-order valence-electron chi connectivity index (χ0n) is 21.2. The van der Waals surface area contributed by atoms with E-state index in [2.05, 4.69) is 0 Å². The molecule has 7 atom stereocenters. The molecule has 40 heavy (non-hydrogen) atoms. The smallest absolute Gasteiger partial charge is 0.337 e. The van der Waals surface area contributed by atoms with E-state index in [1.807, 2.05) is 0 Å². The number of rotatable bonds is 10. The van der Waals surface area contributed by atoms with E-state index in [0.717, 1.165) is 13.4 Å². The lowest BCUT2D eigenvalue weighted by Crippen LogP contribution is -2.60. The monoisotopic (exact) mass is 570 g/mol. The summed E-state index contributed by atoms with van der Waals surface area (Å²) in [7, 11) is 1.06. The van der Waals surface area contributed by atoms with Gasteiger partial charge in [0, 0.05) is 24.0 Å². The van der Waals surface area contributed by atoms with Crippen LogP contribution in [0.4, 0.5) is 0 Å². The minimum atomic E-state index is -1.85. The summed E-state index contributed by atoms with van der Waals surface area (Å²) in [5, 5.41) is 68.2. The second-order valence-corrected chi connectivity index (χ2v) is 8.90. The molecule has 15 nitrogen and oxygen atoms in total. The molecule has 15 heteroatoms. The second kappa shape index (κ2) is 13.6. The van der Waals surface area contributed by atoms with E-state index in [1.54, 1.807) is 0 Å². The lowest BCUT2D eigenvalue weighted by atomic mass is 9.86. The molecule has 0 aromatic heterocycles. The van der Waals surface area contributed by atoms with Gasteiger partial charge >= 0.3 is 17.9 Å². The van der Waals surface area contributed by atoms with E-state index in [0.29, 0.717) is 11.6 Å². The molecule has 1 aromatic carbocycles. The van der Waals surface area contributed by atoms with Gasteiger partial charge in [-0.3, -0.25) is 4.79 Å². The van der Waals surface area contributed by atoms with Gasteiger partial charge in [-0.05, 0) is 17.7 Å². The molecule has 1 fully saturated rings. The Labute approximate surface area is 227 Å². The van der Waals surface area contributed by atoms with Crippen LogP contribution < -0.4 is 0 Å². The van der Waals surface area contributed by atoms with Crippen LogP contribution >= 0.6 is 0 Å². The van der Waals surface area contributed by atoms with Gasteiger partial charge in [0.05, 0.1) is 38.6 Å². The van der Waals surface area contributed by atoms with Crippen LogP contribution in [0, 0.1) is 5.92 Å². The van der Waals surface area contributed by atoms with Crippen molar-refractivity contribution in [1.82, 2.24) is 0 Å². The van der Waals surface area contributed by atoms with Crippen molar-refractivity contribution in [3.05, 3.63) is 47.2 Å². The molecule has 0 amide bonds. The number of hydrogen-bond acceptors (Lipinski definition) is 14. The summed E-state index contributed by atoms with van der Waals surface area (Å²) >= 11 is 0. The van der Waals surface area contributed by atoms with E-state index in [1.165, 1.54) is 18.2 Å². The number of benzene rings is 1. The minimum Gasteiger partial charge on any atom is -0.504 e. The van der Waals surface area contributed by atoms with E-state index >= 15 is 0 Å². The zero-order chi connectivity index (χ0) is 29.6. The first-order valence-electron chi connectivity index (χ1n) is 12.0. The SMILES string of the molecule is COC(=O)C1=COC(O[C@@H]2O[C@H](CO)[C@@H](O)[C@H](O)[C@H]2O)/C(=C\C(=O)O)C1CC(=O)OCCc1ccc(O)c(O)c1. The van der Waals surface area contributed by atoms with Gasteiger partial charge in [-0.15, -0.1) is 0 Å². The molecule has 220 valence electrons. The highest BCUT2D eigenvalue weighted by atomic mass is 16.8. The number of carbonyl (C=O) groups is 3. The van der Waals surface area contributed by atoms with Crippen LogP contribution in [-0.2, 0) is 44.5 Å². The fourth-order valence-electron chi connectivity index (χ4n) is 4.13. The molecule has 0 aliphatic carbocycles. The van der Waals surface area contributed by atoms with E-state index < -0.39 is 73.8 Å². The van der Waals surface area contributed by atoms with Crippen LogP contribution in [0.3, 0.4) is 0 Å². The number of aromatic hydroxyl groups is 2. The maximum Gasteiger partial charge on any atom is 0.337 e. The number of ether oxygens (including phenoxy) is 5. The largest absolute Gasteiger partial charge is 0.504 e. The van der Waals surface area contributed by atoms with Crippen molar-refractivity contribution in [3.63, 3.8) is 0 Å². The first-order valence-corrected chi connectivity index (χ1v) is 12.0. The first kappa shape index (κ1) is 30.8. The van der Waals surface area contributed by atoms with Gasteiger partial charge in [-0.25, -0.2) is 9.59 Å². The Balaban J connectivity index is 1.80. The van der Waals surface area contributed by atoms with Crippen LogP contribution in [0.2, 0.25) is 0 Å². The summed E-state index contributed by atoms with van der Waals surface area (Å²) in [4.78, 5) is 36.8. The maximum absolute atomic E-state index is 12.7. The highest BCUT2D eigenvalue weighted by Gasteiger charge is 2.47. The van der Waals surface area contributed by atoms with E-state index in [4.69, 9.17) is 23.7 Å². The summed E-state index contributed by atoms with van der Waals surface area (Å²) in [6.07, 6.45) is -8.94. The zero-order valence-corrected chi connectivity index (χ0v) is 21.2. The average molecular weight is 571 g/mol. The molecule has 0 bridgehead atoms. The number of hydrogen-bond donors (Lipinski definition) is 7. The number of aliphatic hydroxyl groups excluding tert-OH is 4. The normalized spacial score (nSPS) is 29.3. The number of aliphatic carboxylic acids is 1.